The number of hydrogen-bond donors (Lipinski definition) is 0. The molecule has 0 aliphatic heterocycles. The number of anilines is 1. The van der Waals surface area contributed by atoms with Crippen molar-refractivity contribution in [2.75, 3.05) is 24.8 Å². The van der Waals surface area contributed by atoms with E-state index in [2.05, 4.69) is 4.98 Å². The van der Waals surface area contributed by atoms with Crippen LogP contribution in [-0.4, -0.2) is 33.3 Å². The van der Waals surface area contributed by atoms with E-state index in [1.807, 2.05) is 43.1 Å². The first-order chi connectivity index (χ1) is 10.4. The maximum Gasteiger partial charge on any atom is 0.179 e. The standard InChI is InChI=1S/C16H20N2O3S/c1-4-21-14-9-6-5-8-13(14)12-18(2)16-15(22(3,19)20)10-7-11-17-16/h5-11H,4,12H2,1-3H3. The summed E-state index contributed by atoms with van der Waals surface area (Å²) in [5, 5.41) is 0. The van der Waals surface area contributed by atoms with Crippen molar-refractivity contribution in [2.45, 2.75) is 18.4 Å². The van der Waals surface area contributed by atoms with Crippen molar-refractivity contribution in [3.8, 4) is 5.75 Å². The Morgan fingerprint density at radius 1 is 1.18 bits per heavy atom. The van der Waals surface area contributed by atoms with E-state index >= 15 is 0 Å². The number of para-hydroxylation sites is 1. The minimum absolute atomic E-state index is 0.228. The van der Waals surface area contributed by atoms with Crippen LogP contribution in [0.3, 0.4) is 0 Å². The van der Waals surface area contributed by atoms with E-state index in [0.29, 0.717) is 19.0 Å². The average Bonchev–Trinajstić information content (AvgIpc) is 2.48. The highest BCUT2D eigenvalue weighted by Gasteiger charge is 2.18. The van der Waals surface area contributed by atoms with Crippen molar-refractivity contribution in [2.24, 2.45) is 0 Å². The number of nitrogens with zero attached hydrogens (tertiary/aromatic N) is 2. The molecule has 5 nitrogen and oxygen atoms in total. The topological polar surface area (TPSA) is 59.5 Å². The maximum atomic E-state index is 11.9. The molecule has 0 saturated heterocycles. The molecule has 0 fully saturated rings. The van der Waals surface area contributed by atoms with Gasteiger partial charge in [0.2, 0.25) is 0 Å². The second-order valence-electron chi connectivity index (χ2n) is 4.99. The zero-order valence-electron chi connectivity index (χ0n) is 13.0. The molecule has 22 heavy (non-hydrogen) atoms. The average molecular weight is 320 g/mol. The number of sulfone groups is 1. The number of hydrogen-bond acceptors (Lipinski definition) is 5. The quantitative estimate of drug-likeness (QED) is 0.818. The molecule has 118 valence electrons. The molecule has 6 heteroatoms. The van der Waals surface area contributed by atoms with E-state index in [1.165, 1.54) is 6.26 Å². The van der Waals surface area contributed by atoms with Crippen LogP contribution < -0.4 is 9.64 Å². The van der Waals surface area contributed by atoms with Gasteiger partial charge in [0, 0.05) is 31.6 Å². The fourth-order valence-corrected chi connectivity index (χ4v) is 3.09. The van der Waals surface area contributed by atoms with Crippen molar-refractivity contribution in [1.29, 1.82) is 0 Å². The number of ether oxygens (including phenoxy) is 1. The van der Waals surface area contributed by atoms with Gasteiger partial charge >= 0.3 is 0 Å². The second kappa shape index (κ2) is 6.79. The van der Waals surface area contributed by atoms with Gasteiger partial charge in [0.05, 0.1) is 6.61 Å². The molecule has 2 rings (SSSR count). The molecule has 0 saturated carbocycles. The Morgan fingerprint density at radius 2 is 1.91 bits per heavy atom. The minimum atomic E-state index is -3.33. The van der Waals surface area contributed by atoms with Gasteiger partial charge in [0.1, 0.15) is 16.5 Å². The van der Waals surface area contributed by atoms with Crippen LogP contribution in [-0.2, 0) is 16.4 Å². The van der Waals surface area contributed by atoms with E-state index in [1.54, 1.807) is 18.3 Å². The van der Waals surface area contributed by atoms with Crippen molar-refractivity contribution in [3.05, 3.63) is 48.2 Å². The predicted molar refractivity (Wildman–Crippen MR) is 87.1 cm³/mol. The lowest BCUT2D eigenvalue weighted by atomic mass is 10.2. The third kappa shape index (κ3) is 3.76. The van der Waals surface area contributed by atoms with Gasteiger partial charge in [-0.05, 0) is 25.1 Å². The van der Waals surface area contributed by atoms with Crippen LogP contribution in [0.2, 0.25) is 0 Å². The Kier molecular flexibility index (Phi) is 5.03. The van der Waals surface area contributed by atoms with E-state index in [4.69, 9.17) is 4.74 Å². The predicted octanol–water partition coefficient (Wildman–Crippen LogP) is 2.52. The monoisotopic (exact) mass is 320 g/mol. The summed E-state index contributed by atoms with van der Waals surface area (Å²) in [5.41, 5.74) is 0.983. The summed E-state index contributed by atoms with van der Waals surface area (Å²) in [7, 11) is -1.51. The maximum absolute atomic E-state index is 11.9. The fourth-order valence-electron chi connectivity index (χ4n) is 2.22. The van der Waals surface area contributed by atoms with Crippen LogP contribution in [0.1, 0.15) is 12.5 Å². The Hall–Kier alpha value is -2.08. The first kappa shape index (κ1) is 16.3. The molecule has 0 aliphatic carbocycles. The number of benzene rings is 1. The van der Waals surface area contributed by atoms with E-state index in [9.17, 15) is 8.42 Å². The molecule has 0 amide bonds. The van der Waals surface area contributed by atoms with Crippen LogP contribution in [0, 0.1) is 0 Å². The summed E-state index contributed by atoms with van der Waals surface area (Å²) < 4.78 is 29.4. The smallest absolute Gasteiger partial charge is 0.179 e. The lowest BCUT2D eigenvalue weighted by Gasteiger charge is -2.21. The molecule has 0 aliphatic rings. The van der Waals surface area contributed by atoms with Gasteiger partial charge < -0.3 is 9.64 Å². The van der Waals surface area contributed by atoms with E-state index in [-0.39, 0.29) is 4.90 Å². The summed E-state index contributed by atoms with van der Waals surface area (Å²) >= 11 is 0. The summed E-state index contributed by atoms with van der Waals surface area (Å²) in [6.45, 7) is 3.02. The normalized spacial score (nSPS) is 11.2. The lowest BCUT2D eigenvalue weighted by Crippen LogP contribution is -2.21. The van der Waals surface area contributed by atoms with Gasteiger partial charge in [-0.3, -0.25) is 0 Å². The van der Waals surface area contributed by atoms with E-state index < -0.39 is 9.84 Å². The van der Waals surface area contributed by atoms with Crippen LogP contribution in [0.5, 0.6) is 5.75 Å². The fraction of sp³-hybridized carbons (Fsp3) is 0.312. The van der Waals surface area contributed by atoms with Crippen molar-refractivity contribution in [1.82, 2.24) is 4.98 Å². The van der Waals surface area contributed by atoms with Crippen LogP contribution in [0.25, 0.3) is 0 Å². The molecule has 0 radical (unpaired) electrons. The second-order valence-corrected chi connectivity index (χ2v) is 6.98. The molecule has 2 aromatic rings. The number of rotatable bonds is 6. The largest absolute Gasteiger partial charge is 0.494 e. The molecular weight excluding hydrogens is 300 g/mol. The Balaban J connectivity index is 2.33. The number of pyridine rings is 1. The molecule has 0 spiro atoms. The molecule has 1 aromatic heterocycles. The third-order valence-electron chi connectivity index (χ3n) is 3.19. The van der Waals surface area contributed by atoms with Crippen molar-refractivity contribution < 1.29 is 13.2 Å². The summed E-state index contributed by atoms with van der Waals surface area (Å²) in [5.74, 6) is 1.24. The third-order valence-corrected chi connectivity index (χ3v) is 4.31. The van der Waals surface area contributed by atoms with Gasteiger partial charge in [-0.15, -0.1) is 0 Å². The van der Waals surface area contributed by atoms with Gasteiger partial charge in [-0.2, -0.15) is 0 Å². The molecule has 1 aromatic carbocycles. The molecule has 0 unspecified atom stereocenters. The highest BCUT2D eigenvalue weighted by Crippen LogP contribution is 2.25. The van der Waals surface area contributed by atoms with Gasteiger partial charge in [0.15, 0.2) is 9.84 Å². The number of aromatic nitrogens is 1. The highest BCUT2D eigenvalue weighted by molar-refractivity contribution is 7.90. The lowest BCUT2D eigenvalue weighted by molar-refractivity contribution is 0.336. The minimum Gasteiger partial charge on any atom is -0.494 e. The first-order valence-electron chi connectivity index (χ1n) is 7.00. The zero-order valence-corrected chi connectivity index (χ0v) is 13.8. The van der Waals surface area contributed by atoms with Crippen LogP contribution in [0.15, 0.2) is 47.5 Å². The molecule has 0 bridgehead atoms. The Bertz CT molecular complexity index is 745. The zero-order chi connectivity index (χ0) is 16.2. The Morgan fingerprint density at radius 3 is 2.59 bits per heavy atom. The first-order valence-corrected chi connectivity index (χ1v) is 8.89. The SMILES string of the molecule is CCOc1ccccc1CN(C)c1ncccc1S(C)(=O)=O. The highest BCUT2D eigenvalue weighted by atomic mass is 32.2. The summed E-state index contributed by atoms with van der Waals surface area (Å²) in [6, 6.07) is 10.9. The van der Waals surface area contributed by atoms with Gasteiger partial charge in [0.25, 0.3) is 0 Å². The van der Waals surface area contributed by atoms with Crippen molar-refractivity contribution in [3.63, 3.8) is 0 Å². The van der Waals surface area contributed by atoms with Crippen LogP contribution >= 0.6 is 0 Å². The van der Waals surface area contributed by atoms with Crippen molar-refractivity contribution >= 4 is 15.7 Å². The molecule has 0 atom stereocenters. The molecular formula is C16H20N2O3S. The summed E-state index contributed by atoms with van der Waals surface area (Å²) in [4.78, 5) is 6.26. The van der Waals surface area contributed by atoms with Gasteiger partial charge in [-0.25, -0.2) is 13.4 Å². The van der Waals surface area contributed by atoms with Crippen LogP contribution in [0.4, 0.5) is 5.82 Å². The summed E-state index contributed by atoms with van der Waals surface area (Å²) in [6.07, 6.45) is 2.78. The van der Waals surface area contributed by atoms with E-state index in [0.717, 1.165) is 11.3 Å². The molecule has 1 heterocycles. The Labute approximate surface area is 131 Å². The molecule has 0 N–H and O–H groups in total. The van der Waals surface area contributed by atoms with Gasteiger partial charge in [-0.1, -0.05) is 18.2 Å².